The maximum Gasteiger partial charge on any atom is 0.407 e. The number of ketones is 1. The Balaban J connectivity index is 4.36. The van der Waals surface area contributed by atoms with Crippen molar-refractivity contribution in [2.75, 3.05) is 7.11 Å². The van der Waals surface area contributed by atoms with E-state index in [-0.39, 0.29) is 5.78 Å². The number of ether oxygens (including phenoxy) is 1. The third-order valence-electron chi connectivity index (χ3n) is 2.46. The molecule has 0 spiro atoms. The number of methoxy groups -OCH3 is 1. The average Bonchev–Trinajstić information content (AvgIpc) is 2.16. The van der Waals surface area contributed by atoms with Gasteiger partial charge >= 0.3 is 6.09 Å². The molecule has 0 saturated heterocycles. The fraction of sp³-hybridized carbons (Fsp3) is 0.818. The van der Waals surface area contributed by atoms with Crippen molar-refractivity contribution in [1.82, 2.24) is 5.32 Å². The monoisotopic (exact) mass is 215 g/mol. The maximum atomic E-state index is 11.9. The van der Waals surface area contributed by atoms with Crippen molar-refractivity contribution in [3.63, 3.8) is 0 Å². The minimum atomic E-state index is -0.567. The van der Waals surface area contributed by atoms with Gasteiger partial charge in [0.2, 0.25) is 0 Å². The predicted octanol–water partition coefficient (Wildman–Crippen LogP) is 2.13. The van der Waals surface area contributed by atoms with Gasteiger partial charge in [-0.25, -0.2) is 4.79 Å². The molecule has 0 aliphatic heterocycles. The van der Waals surface area contributed by atoms with Crippen molar-refractivity contribution in [2.24, 2.45) is 5.41 Å². The van der Waals surface area contributed by atoms with E-state index in [1.807, 2.05) is 20.8 Å². The quantitative estimate of drug-likeness (QED) is 0.764. The van der Waals surface area contributed by atoms with E-state index in [0.29, 0.717) is 0 Å². The summed E-state index contributed by atoms with van der Waals surface area (Å²) < 4.78 is 4.44. The Bertz CT molecular complexity index is 236. The summed E-state index contributed by atoms with van der Waals surface area (Å²) >= 11 is 0. The fourth-order valence-electron chi connectivity index (χ4n) is 1.64. The minimum absolute atomic E-state index is 0.0368. The van der Waals surface area contributed by atoms with E-state index in [1.165, 1.54) is 7.11 Å². The minimum Gasteiger partial charge on any atom is -0.453 e. The largest absolute Gasteiger partial charge is 0.453 e. The molecule has 0 aromatic rings. The molecular weight excluding hydrogens is 194 g/mol. The molecule has 0 radical (unpaired) electrons. The Labute approximate surface area is 91.4 Å². The highest BCUT2D eigenvalue weighted by atomic mass is 16.5. The number of nitrogens with one attached hydrogen (secondary N) is 1. The van der Waals surface area contributed by atoms with Crippen LogP contribution in [0.15, 0.2) is 0 Å². The lowest BCUT2D eigenvalue weighted by Gasteiger charge is -2.26. The molecule has 0 aliphatic carbocycles. The van der Waals surface area contributed by atoms with Gasteiger partial charge in [-0.15, -0.1) is 0 Å². The van der Waals surface area contributed by atoms with Gasteiger partial charge in [0, 0.05) is 5.41 Å². The summed E-state index contributed by atoms with van der Waals surface area (Å²) in [6, 6.07) is -0.501. The van der Waals surface area contributed by atoms with Gasteiger partial charge in [-0.3, -0.25) is 4.79 Å². The van der Waals surface area contributed by atoms with Crippen LogP contribution in [-0.2, 0) is 9.53 Å². The second-order valence-electron chi connectivity index (χ2n) is 4.36. The summed E-state index contributed by atoms with van der Waals surface area (Å²) in [4.78, 5) is 22.9. The Kier molecular flexibility index (Phi) is 5.33. The van der Waals surface area contributed by atoms with E-state index >= 15 is 0 Å². The highest BCUT2D eigenvalue weighted by molar-refractivity contribution is 5.91. The van der Waals surface area contributed by atoms with Gasteiger partial charge in [-0.2, -0.15) is 0 Å². The Morgan fingerprint density at radius 3 is 2.33 bits per heavy atom. The van der Waals surface area contributed by atoms with Crippen molar-refractivity contribution in [1.29, 1.82) is 0 Å². The molecule has 1 N–H and O–H groups in total. The topological polar surface area (TPSA) is 55.4 Å². The third kappa shape index (κ3) is 4.32. The first kappa shape index (κ1) is 13.9. The Morgan fingerprint density at radius 1 is 1.40 bits per heavy atom. The van der Waals surface area contributed by atoms with E-state index < -0.39 is 17.6 Å². The number of rotatable bonds is 5. The molecule has 15 heavy (non-hydrogen) atoms. The van der Waals surface area contributed by atoms with Crippen LogP contribution in [-0.4, -0.2) is 25.0 Å². The van der Waals surface area contributed by atoms with Gasteiger partial charge in [0.05, 0.1) is 13.2 Å². The Morgan fingerprint density at radius 2 is 1.93 bits per heavy atom. The number of Topliss-reactive ketones (excluding diaryl/α,β-unsaturated/α-hetero) is 1. The predicted molar refractivity (Wildman–Crippen MR) is 58.7 cm³/mol. The van der Waals surface area contributed by atoms with Crippen LogP contribution < -0.4 is 5.32 Å². The molecule has 88 valence electrons. The molecule has 1 amide bonds. The SMILES string of the molecule is CCCC(C)(C)C(=O)[C@@H](C)NC(=O)OC. The highest BCUT2D eigenvalue weighted by Gasteiger charge is 2.31. The fourth-order valence-corrected chi connectivity index (χ4v) is 1.64. The molecule has 4 nitrogen and oxygen atoms in total. The van der Waals surface area contributed by atoms with Gasteiger partial charge in [-0.1, -0.05) is 27.2 Å². The molecule has 0 aromatic heterocycles. The number of alkyl carbamates (subject to hydrolysis) is 1. The summed E-state index contributed by atoms with van der Waals surface area (Å²) in [6.07, 6.45) is 1.20. The molecule has 0 heterocycles. The summed E-state index contributed by atoms with van der Waals surface area (Å²) in [5.41, 5.74) is -0.394. The summed E-state index contributed by atoms with van der Waals surface area (Å²) in [5, 5.41) is 2.48. The van der Waals surface area contributed by atoms with Gasteiger partial charge in [-0.05, 0) is 13.3 Å². The molecule has 0 bridgehead atoms. The summed E-state index contributed by atoms with van der Waals surface area (Å²) in [5.74, 6) is 0.0368. The molecule has 0 unspecified atom stereocenters. The van der Waals surface area contributed by atoms with Crippen LogP contribution in [0.2, 0.25) is 0 Å². The smallest absolute Gasteiger partial charge is 0.407 e. The van der Waals surface area contributed by atoms with Crippen LogP contribution >= 0.6 is 0 Å². The normalized spacial score (nSPS) is 13.1. The van der Waals surface area contributed by atoms with Crippen molar-refractivity contribution >= 4 is 11.9 Å². The summed E-state index contributed by atoms with van der Waals surface area (Å²) in [6.45, 7) is 7.51. The lowest BCUT2D eigenvalue weighted by Crippen LogP contribution is -2.44. The number of hydrogen-bond donors (Lipinski definition) is 1. The first-order chi connectivity index (χ1) is 6.85. The third-order valence-corrected chi connectivity index (χ3v) is 2.46. The van der Waals surface area contributed by atoms with Crippen LogP contribution in [0.1, 0.15) is 40.5 Å². The van der Waals surface area contributed by atoms with E-state index in [0.717, 1.165) is 12.8 Å². The first-order valence-corrected chi connectivity index (χ1v) is 5.24. The van der Waals surface area contributed by atoms with Gasteiger partial charge in [0.25, 0.3) is 0 Å². The van der Waals surface area contributed by atoms with Gasteiger partial charge in [0.1, 0.15) is 0 Å². The van der Waals surface area contributed by atoms with Gasteiger partial charge in [0.15, 0.2) is 5.78 Å². The number of amides is 1. The lowest BCUT2D eigenvalue weighted by atomic mass is 9.81. The molecule has 1 atom stereocenters. The molecular formula is C11H21NO3. The first-order valence-electron chi connectivity index (χ1n) is 5.24. The lowest BCUT2D eigenvalue weighted by molar-refractivity contribution is -0.129. The molecule has 0 fully saturated rings. The standard InChI is InChI=1S/C11H21NO3/c1-6-7-11(3,4)9(13)8(2)12-10(14)15-5/h8H,6-7H2,1-5H3,(H,12,14)/t8-/m1/s1. The zero-order chi connectivity index (χ0) is 12.1. The van der Waals surface area contributed by atoms with Crippen molar-refractivity contribution in [3.8, 4) is 0 Å². The zero-order valence-electron chi connectivity index (χ0n) is 10.2. The molecule has 0 rings (SSSR count). The number of hydrogen-bond acceptors (Lipinski definition) is 3. The van der Waals surface area contributed by atoms with Crippen molar-refractivity contribution < 1.29 is 14.3 Å². The van der Waals surface area contributed by atoms with E-state index in [9.17, 15) is 9.59 Å². The molecule has 4 heteroatoms. The Hall–Kier alpha value is -1.06. The maximum absolute atomic E-state index is 11.9. The zero-order valence-corrected chi connectivity index (χ0v) is 10.2. The van der Waals surface area contributed by atoms with Crippen LogP contribution in [0, 0.1) is 5.41 Å². The van der Waals surface area contributed by atoms with Crippen molar-refractivity contribution in [2.45, 2.75) is 46.6 Å². The molecule has 0 aliphatic rings. The van der Waals surface area contributed by atoms with Crippen LogP contribution in [0.5, 0.6) is 0 Å². The van der Waals surface area contributed by atoms with E-state index in [2.05, 4.69) is 10.1 Å². The average molecular weight is 215 g/mol. The second-order valence-corrected chi connectivity index (χ2v) is 4.36. The van der Waals surface area contributed by atoms with Crippen LogP contribution in [0.25, 0.3) is 0 Å². The van der Waals surface area contributed by atoms with Crippen LogP contribution in [0.3, 0.4) is 0 Å². The van der Waals surface area contributed by atoms with Gasteiger partial charge < -0.3 is 10.1 Å². The number of carbonyl (C=O) groups excluding carboxylic acids is 2. The van der Waals surface area contributed by atoms with E-state index in [1.54, 1.807) is 6.92 Å². The number of carbonyl (C=O) groups is 2. The van der Waals surface area contributed by atoms with Crippen molar-refractivity contribution in [3.05, 3.63) is 0 Å². The molecule has 0 saturated carbocycles. The summed E-state index contributed by atoms with van der Waals surface area (Å²) in [7, 11) is 1.28. The second kappa shape index (κ2) is 5.73. The highest BCUT2D eigenvalue weighted by Crippen LogP contribution is 2.24. The van der Waals surface area contributed by atoms with Crippen LogP contribution in [0.4, 0.5) is 4.79 Å². The molecule has 0 aromatic carbocycles. The van der Waals surface area contributed by atoms with E-state index in [4.69, 9.17) is 0 Å².